The van der Waals surface area contributed by atoms with Gasteiger partial charge in [-0.2, -0.15) is 0 Å². The van der Waals surface area contributed by atoms with Gasteiger partial charge in [0.15, 0.2) is 0 Å². The van der Waals surface area contributed by atoms with Crippen molar-refractivity contribution in [1.29, 1.82) is 0 Å². The van der Waals surface area contributed by atoms with Gasteiger partial charge in [0.25, 0.3) is 0 Å². The van der Waals surface area contributed by atoms with Crippen LogP contribution in [-0.4, -0.2) is 0 Å². The topological polar surface area (TPSA) is 0 Å². The van der Waals surface area contributed by atoms with Gasteiger partial charge in [-0.15, -0.1) is 0 Å². The molecule has 0 saturated carbocycles. The minimum atomic E-state index is 0.583. The molecule has 0 aromatic heterocycles. The normalized spacial score (nSPS) is 12.4. The van der Waals surface area contributed by atoms with Crippen molar-refractivity contribution in [2.24, 2.45) is 5.92 Å². The van der Waals surface area contributed by atoms with Gasteiger partial charge >= 0.3 is 0 Å². The highest BCUT2D eigenvalue weighted by molar-refractivity contribution is 5.84. The number of hydrogen-bond acceptors (Lipinski definition) is 0. The number of benzene rings is 8. The van der Waals surface area contributed by atoms with Gasteiger partial charge in [-0.05, 0) is 166 Å². The molecule has 0 nitrogen and oxygen atoms in total. The lowest BCUT2D eigenvalue weighted by atomic mass is 9.94. The summed E-state index contributed by atoms with van der Waals surface area (Å²) in [5.74, 6) is 2.35. The summed E-state index contributed by atoms with van der Waals surface area (Å²) >= 11 is 0. The molecule has 0 N–H and O–H groups in total. The van der Waals surface area contributed by atoms with Crippen LogP contribution in [0.1, 0.15) is 185 Å². The van der Waals surface area contributed by atoms with Crippen LogP contribution in [0.5, 0.6) is 0 Å². The molecule has 0 spiro atoms. The number of hydrogen-bond donors (Lipinski definition) is 0. The molecule has 0 heterocycles. The fourth-order valence-electron chi connectivity index (χ4n) is 10.1. The fraction of sp³-hybridized carbons (Fsp3) is 0.274. The summed E-state index contributed by atoms with van der Waals surface area (Å²) in [7, 11) is 0. The van der Waals surface area contributed by atoms with Crippen LogP contribution in [0.3, 0.4) is 0 Å². The summed E-state index contributed by atoms with van der Waals surface area (Å²) in [6.07, 6.45) is 16.7. The van der Waals surface area contributed by atoms with Crippen molar-refractivity contribution < 1.29 is 0 Å². The summed E-state index contributed by atoms with van der Waals surface area (Å²) in [6.45, 7) is 25.8. The quantitative estimate of drug-likeness (QED) is 0.135. The van der Waals surface area contributed by atoms with Crippen molar-refractivity contribution in [2.45, 2.75) is 126 Å². The van der Waals surface area contributed by atoms with Crippen LogP contribution < -0.4 is 0 Å². The van der Waals surface area contributed by atoms with Crippen LogP contribution in [-0.2, 0) is 12.8 Å². The lowest BCUT2D eigenvalue weighted by Gasteiger charge is -2.10. The Morgan fingerprint density at radius 2 is 0.548 bits per heavy atom. The molecule has 0 unspecified atom stereocenters. The van der Waals surface area contributed by atoms with E-state index < -0.39 is 0 Å². The van der Waals surface area contributed by atoms with E-state index in [0.717, 1.165) is 0 Å². The van der Waals surface area contributed by atoms with Gasteiger partial charge in [-0.25, -0.2) is 0 Å². The van der Waals surface area contributed by atoms with E-state index in [4.69, 9.17) is 0 Å². The molecular formula is C73H79. The third-order valence-corrected chi connectivity index (χ3v) is 14.4. The monoisotopic (exact) mass is 956 g/mol. The van der Waals surface area contributed by atoms with Crippen LogP contribution >= 0.6 is 0 Å². The SMILES string of the molecule is CC(C)c1ccc2c(c1)-c1cc(C(C)C)ccc1[CH]2.CC(C)c1ccc2c(c1)-c1ccccc1[CH]2.CCCCc1ccc2c(c1)-c1cc(CCCC)ccc1[CH]2.[CH2]C(C)C.[CH]1c2ccccc2-c2ccccc21. The lowest BCUT2D eigenvalue weighted by Crippen LogP contribution is -1.90. The summed E-state index contributed by atoms with van der Waals surface area (Å²) < 4.78 is 0. The Labute approximate surface area is 442 Å². The standard InChI is InChI=1S/C21H25.C19H21.C16H15.C13H9.C4H9/c1-3-5-7-16-9-11-18-15-19-12-10-17(8-6-4-2)14-21(19)20(18)13-16;1-12(2)14-5-7-16-9-17-8-6-15(13(3)4)11-19(17)18(16)10-14;1-11(2)12-7-8-14-9-13-5-3-4-6-15(13)16(14)10-12;1-3-7-12-10(5-1)9-11-6-2-4-8-13(11)12;1-4(2)3/h9-15H,3-8H2,1-2H3;5-13H,1-4H3;3-11H,1-2H3;1-9H;4H,1H2,2-3H3. The van der Waals surface area contributed by atoms with Crippen molar-refractivity contribution in [1.82, 2.24) is 0 Å². The molecule has 4 aliphatic rings. The Kier molecular flexibility index (Phi) is 17.9. The highest BCUT2D eigenvalue weighted by Gasteiger charge is 2.22. The smallest absolute Gasteiger partial charge is 0.0211 e. The minimum Gasteiger partial charge on any atom is -0.0654 e. The predicted octanol–water partition coefficient (Wildman–Crippen LogP) is 20.6. The maximum atomic E-state index is 3.64. The van der Waals surface area contributed by atoms with Gasteiger partial charge in [-0.1, -0.05) is 253 Å². The average molecular weight is 956 g/mol. The van der Waals surface area contributed by atoms with Gasteiger partial charge in [0, 0.05) is 25.7 Å². The average Bonchev–Trinajstić information content (AvgIpc) is 4.17. The van der Waals surface area contributed by atoms with E-state index in [0.29, 0.717) is 23.7 Å². The van der Waals surface area contributed by atoms with Gasteiger partial charge in [0.1, 0.15) is 0 Å². The molecule has 8 aromatic carbocycles. The van der Waals surface area contributed by atoms with Crippen molar-refractivity contribution in [3.05, 3.63) is 269 Å². The van der Waals surface area contributed by atoms with Crippen LogP contribution in [0, 0.1) is 38.5 Å². The Hall–Kier alpha value is -6.24. The van der Waals surface area contributed by atoms with E-state index in [1.165, 1.54) is 155 Å². The number of rotatable bonds is 9. The van der Waals surface area contributed by atoms with Crippen LogP contribution in [0.25, 0.3) is 44.5 Å². The first-order valence-corrected chi connectivity index (χ1v) is 27.5. The molecule has 0 amide bonds. The van der Waals surface area contributed by atoms with Crippen molar-refractivity contribution >= 4 is 0 Å². The van der Waals surface area contributed by atoms with Crippen LogP contribution in [0.4, 0.5) is 0 Å². The zero-order valence-corrected chi connectivity index (χ0v) is 45.7. The van der Waals surface area contributed by atoms with Gasteiger partial charge in [0.2, 0.25) is 0 Å². The Balaban J connectivity index is 0.000000128. The maximum Gasteiger partial charge on any atom is 0.0211 e. The third-order valence-electron chi connectivity index (χ3n) is 14.4. The highest BCUT2D eigenvalue weighted by Crippen LogP contribution is 2.43. The van der Waals surface area contributed by atoms with Crippen molar-refractivity contribution in [3.63, 3.8) is 0 Å². The molecule has 0 atom stereocenters. The Bertz CT molecular complexity index is 2960. The second-order valence-electron chi connectivity index (χ2n) is 21.8. The Morgan fingerprint density at radius 3 is 0.849 bits per heavy atom. The van der Waals surface area contributed by atoms with Crippen molar-refractivity contribution in [2.75, 3.05) is 0 Å². The zero-order chi connectivity index (χ0) is 51.6. The molecule has 0 heteroatoms. The van der Waals surface area contributed by atoms with Crippen LogP contribution in [0.15, 0.2) is 164 Å². The molecule has 5 radical (unpaired) electrons. The number of fused-ring (bicyclic) bond motifs is 12. The summed E-state index contributed by atoms with van der Waals surface area (Å²) in [5.41, 5.74) is 29.3. The van der Waals surface area contributed by atoms with Gasteiger partial charge < -0.3 is 0 Å². The molecular weight excluding hydrogens is 877 g/mol. The first kappa shape index (κ1) is 53.1. The largest absolute Gasteiger partial charge is 0.0654 e. The molecule has 73 heavy (non-hydrogen) atoms. The molecule has 8 aromatic rings. The van der Waals surface area contributed by atoms with E-state index in [1.54, 1.807) is 0 Å². The molecule has 0 fully saturated rings. The maximum absolute atomic E-state index is 3.64. The minimum absolute atomic E-state index is 0.583. The molecule has 371 valence electrons. The first-order chi connectivity index (χ1) is 35.3. The van der Waals surface area contributed by atoms with Gasteiger partial charge in [-0.3, -0.25) is 0 Å². The second-order valence-corrected chi connectivity index (χ2v) is 21.8. The van der Waals surface area contributed by atoms with Crippen LogP contribution in [0.2, 0.25) is 0 Å². The number of unbranched alkanes of at least 4 members (excludes halogenated alkanes) is 2. The molecule has 0 saturated heterocycles. The fourth-order valence-corrected chi connectivity index (χ4v) is 10.1. The molecule has 4 aliphatic carbocycles. The summed E-state index contributed by atoms with van der Waals surface area (Å²) in [6, 6.07) is 60.3. The number of aryl methyl sites for hydroxylation is 2. The molecule has 12 rings (SSSR count). The van der Waals surface area contributed by atoms with E-state index in [2.05, 4.69) is 266 Å². The van der Waals surface area contributed by atoms with Crippen molar-refractivity contribution in [3.8, 4) is 44.5 Å². The van der Waals surface area contributed by atoms with Gasteiger partial charge in [0.05, 0.1) is 0 Å². The third kappa shape index (κ3) is 12.9. The van der Waals surface area contributed by atoms with E-state index in [-0.39, 0.29) is 0 Å². The van der Waals surface area contributed by atoms with E-state index in [1.807, 2.05) is 0 Å². The Morgan fingerprint density at radius 1 is 0.301 bits per heavy atom. The first-order valence-electron chi connectivity index (χ1n) is 27.5. The van der Waals surface area contributed by atoms with E-state index in [9.17, 15) is 0 Å². The highest BCUT2D eigenvalue weighted by atomic mass is 14.3. The summed E-state index contributed by atoms with van der Waals surface area (Å²) in [4.78, 5) is 0. The lowest BCUT2D eigenvalue weighted by molar-refractivity contribution is 0.794. The zero-order valence-electron chi connectivity index (χ0n) is 45.7. The second kappa shape index (κ2) is 24.7. The summed E-state index contributed by atoms with van der Waals surface area (Å²) in [5, 5.41) is 0. The molecule has 0 aliphatic heterocycles. The van der Waals surface area contributed by atoms with E-state index >= 15 is 0 Å². The predicted molar refractivity (Wildman–Crippen MR) is 317 cm³/mol. The molecule has 0 bridgehead atoms.